The Morgan fingerprint density at radius 1 is 1.52 bits per heavy atom. The molecule has 2 heterocycles. The summed E-state index contributed by atoms with van der Waals surface area (Å²) in [5.74, 6) is -1.13. The second-order valence-electron chi connectivity index (χ2n) is 4.24. The van der Waals surface area contributed by atoms with Gasteiger partial charge in [0.05, 0.1) is 9.83 Å². The molecule has 0 fully saturated rings. The summed E-state index contributed by atoms with van der Waals surface area (Å²) in [6.07, 6.45) is 0. The van der Waals surface area contributed by atoms with E-state index < -0.39 is 22.0 Å². The number of aryl methyl sites for hydroxylation is 1. The number of hydrogen-bond donors (Lipinski definition) is 2. The van der Waals surface area contributed by atoms with Crippen LogP contribution in [0.2, 0.25) is 0 Å². The summed E-state index contributed by atoms with van der Waals surface area (Å²) in [5, 5.41) is 10.6. The minimum Gasteiger partial charge on any atom is -0.476 e. The normalized spacial score (nSPS) is 13.3. The number of carbonyl (C=O) groups is 1. The minimum absolute atomic E-state index is 0.0873. The summed E-state index contributed by atoms with van der Waals surface area (Å²) in [6, 6.07) is 0.975. The van der Waals surface area contributed by atoms with E-state index >= 15 is 0 Å². The molecule has 0 saturated heterocycles. The van der Waals surface area contributed by atoms with Crippen LogP contribution in [0.4, 0.5) is 0 Å². The molecule has 114 valence electrons. The molecule has 0 saturated carbocycles. The average molecular weight is 411 g/mol. The number of rotatable bonds is 5. The van der Waals surface area contributed by atoms with Crippen LogP contribution >= 0.6 is 38.6 Å². The van der Waals surface area contributed by atoms with E-state index in [0.29, 0.717) is 5.01 Å². The Morgan fingerprint density at radius 3 is 2.67 bits per heavy atom. The molecule has 0 aliphatic rings. The lowest BCUT2D eigenvalue weighted by atomic mass is 10.4. The van der Waals surface area contributed by atoms with Crippen molar-refractivity contribution in [1.82, 2.24) is 9.71 Å². The van der Waals surface area contributed by atoms with Crippen LogP contribution in [-0.2, 0) is 10.0 Å². The average Bonchev–Trinajstić information content (AvgIpc) is 2.97. The number of halogens is 1. The second kappa shape index (κ2) is 6.13. The molecule has 0 aliphatic heterocycles. The van der Waals surface area contributed by atoms with E-state index in [4.69, 9.17) is 5.11 Å². The number of carboxylic acid groups (broad SMARTS) is 1. The predicted molar refractivity (Wildman–Crippen MR) is 84.6 cm³/mol. The molecule has 0 bridgehead atoms. The highest BCUT2D eigenvalue weighted by Crippen LogP contribution is 2.31. The third-order valence-corrected chi connectivity index (χ3v) is 7.72. The maximum Gasteiger partial charge on any atom is 0.355 e. The van der Waals surface area contributed by atoms with Gasteiger partial charge in [-0.25, -0.2) is 22.9 Å². The zero-order chi connectivity index (χ0) is 15.8. The molecule has 0 aliphatic carbocycles. The summed E-state index contributed by atoms with van der Waals surface area (Å²) < 4.78 is 28.0. The number of aromatic carboxylic acids is 1. The first kappa shape index (κ1) is 16.6. The van der Waals surface area contributed by atoms with Crippen LogP contribution in [0.5, 0.6) is 0 Å². The molecule has 0 amide bonds. The standard InChI is InChI=1S/C11H11BrN2O4S3/c1-5-3-8(20-9(5)12)21(17,18)14-6(2)10-13-7(4-19-10)11(15)16/h3-4,6,14H,1-2H3,(H,15,16). The van der Waals surface area contributed by atoms with Gasteiger partial charge in [0, 0.05) is 5.38 Å². The first-order valence-corrected chi connectivity index (χ1v) is 9.65. The van der Waals surface area contributed by atoms with Gasteiger partial charge >= 0.3 is 5.97 Å². The number of thiazole rings is 1. The van der Waals surface area contributed by atoms with Crippen LogP contribution in [0.25, 0.3) is 0 Å². The molecule has 0 radical (unpaired) electrons. The smallest absolute Gasteiger partial charge is 0.355 e. The molecule has 0 aromatic carbocycles. The minimum atomic E-state index is -3.66. The van der Waals surface area contributed by atoms with E-state index in [1.54, 1.807) is 13.0 Å². The van der Waals surface area contributed by atoms with Crippen molar-refractivity contribution in [2.45, 2.75) is 24.1 Å². The van der Waals surface area contributed by atoms with Gasteiger partial charge in [-0.3, -0.25) is 0 Å². The molecule has 1 atom stereocenters. The van der Waals surface area contributed by atoms with Crippen molar-refractivity contribution < 1.29 is 18.3 Å². The fourth-order valence-corrected chi connectivity index (χ4v) is 5.81. The van der Waals surface area contributed by atoms with Crippen LogP contribution in [0.15, 0.2) is 19.4 Å². The van der Waals surface area contributed by atoms with Crippen LogP contribution in [-0.4, -0.2) is 24.5 Å². The van der Waals surface area contributed by atoms with Crippen molar-refractivity contribution in [3.63, 3.8) is 0 Å². The van der Waals surface area contributed by atoms with E-state index in [-0.39, 0.29) is 9.90 Å². The molecular weight excluding hydrogens is 400 g/mol. The zero-order valence-corrected chi connectivity index (χ0v) is 15.0. The predicted octanol–water partition coefficient (Wildman–Crippen LogP) is 3.01. The highest BCUT2D eigenvalue weighted by atomic mass is 79.9. The summed E-state index contributed by atoms with van der Waals surface area (Å²) in [4.78, 5) is 14.7. The van der Waals surface area contributed by atoms with Gasteiger partial charge in [-0.1, -0.05) is 0 Å². The quantitative estimate of drug-likeness (QED) is 0.789. The highest BCUT2D eigenvalue weighted by molar-refractivity contribution is 9.11. The van der Waals surface area contributed by atoms with Crippen LogP contribution in [0, 0.1) is 6.92 Å². The molecule has 2 aromatic heterocycles. The zero-order valence-electron chi connectivity index (χ0n) is 11.0. The van der Waals surface area contributed by atoms with Gasteiger partial charge < -0.3 is 5.11 Å². The molecule has 1 unspecified atom stereocenters. The number of nitrogens with zero attached hydrogens (tertiary/aromatic N) is 1. The Labute approximate surface area is 138 Å². The first-order chi connectivity index (χ1) is 9.70. The Bertz CT molecular complexity index is 762. The maximum atomic E-state index is 12.3. The van der Waals surface area contributed by atoms with Gasteiger partial charge in [0.15, 0.2) is 5.69 Å². The molecule has 10 heteroatoms. The monoisotopic (exact) mass is 410 g/mol. The molecule has 21 heavy (non-hydrogen) atoms. The fourth-order valence-electron chi connectivity index (χ4n) is 1.49. The molecule has 2 rings (SSSR count). The Hall–Kier alpha value is -0.810. The van der Waals surface area contributed by atoms with Crippen molar-refractivity contribution in [3.05, 3.63) is 31.5 Å². The van der Waals surface area contributed by atoms with E-state index in [0.717, 1.165) is 32.0 Å². The van der Waals surface area contributed by atoms with Gasteiger partial charge in [-0.05, 0) is 41.4 Å². The van der Waals surface area contributed by atoms with Gasteiger partial charge in [0.25, 0.3) is 10.0 Å². The van der Waals surface area contributed by atoms with Crippen molar-refractivity contribution in [2.24, 2.45) is 0 Å². The lowest BCUT2D eigenvalue weighted by molar-refractivity contribution is 0.0691. The Kier molecular flexibility index (Phi) is 4.83. The van der Waals surface area contributed by atoms with Gasteiger partial charge in [-0.15, -0.1) is 22.7 Å². The summed E-state index contributed by atoms with van der Waals surface area (Å²) in [7, 11) is -3.66. The van der Waals surface area contributed by atoms with Gasteiger partial charge in [-0.2, -0.15) is 0 Å². The van der Waals surface area contributed by atoms with Gasteiger partial charge in [0.1, 0.15) is 9.22 Å². The second-order valence-corrected chi connectivity index (χ2v) is 9.44. The topological polar surface area (TPSA) is 96.4 Å². The summed E-state index contributed by atoms with van der Waals surface area (Å²) in [6.45, 7) is 3.43. The lowest BCUT2D eigenvalue weighted by Gasteiger charge is -2.10. The summed E-state index contributed by atoms with van der Waals surface area (Å²) in [5.41, 5.74) is 0.756. The van der Waals surface area contributed by atoms with Crippen LogP contribution < -0.4 is 4.72 Å². The van der Waals surface area contributed by atoms with Crippen LogP contribution in [0.1, 0.15) is 34.0 Å². The van der Waals surface area contributed by atoms with Crippen molar-refractivity contribution >= 4 is 54.6 Å². The number of thiophene rings is 1. The molecule has 2 aromatic rings. The van der Waals surface area contributed by atoms with E-state index in [1.807, 2.05) is 6.92 Å². The lowest BCUT2D eigenvalue weighted by Crippen LogP contribution is -2.26. The van der Waals surface area contributed by atoms with Crippen LogP contribution in [0.3, 0.4) is 0 Å². The Balaban J connectivity index is 2.21. The third kappa shape index (κ3) is 3.69. The maximum absolute atomic E-state index is 12.3. The summed E-state index contributed by atoms with van der Waals surface area (Å²) >= 11 is 5.52. The van der Waals surface area contributed by atoms with Crippen molar-refractivity contribution in [2.75, 3.05) is 0 Å². The van der Waals surface area contributed by atoms with Crippen molar-refractivity contribution in [1.29, 1.82) is 0 Å². The largest absolute Gasteiger partial charge is 0.476 e. The molecule has 2 N–H and O–H groups in total. The number of nitrogens with one attached hydrogen (secondary N) is 1. The molecule has 0 spiro atoms. The van der Waals surface area contributed by atoms with E-state index in [1.165, 1.54) is 5.38 Å². The number of aromatic nitrogens is 1. The number of hydrogen-bond acceptors (Lipinski definition) is 6. The fraction of sp³-hybridized carbons (Fsp3) is 0.273. The first-order valence-electron chi connectivity index (χ1n) is 5.67. The van der Waals surface area contributed by atoms with E-state index in [9.17, 15) is 13.2 Å². The number of sulfonamides is 1. The van der Waals surface area contributed by atoms with Gasteiger partial charge in [0.2, 0.25) is 0 Å². The molecule has 6 nitrogen and oxygen atoms in total. The van der Waals surface area contributed by atoms with E-state index in [2.05, 4.69) is 25.6 Å². The Morgan fingerprint density at radius 2 is 2.19 bits per heavy atom. The number of carboxylic acids is 1. The SMILES string of the molecule is Cc1cc(S(=O)(=O)NC(C)c2nc(C(=O)O)cs2)sc1Br. The third-order valence-electron chi connectivity index (χ3n) is 2.54. The highest BCUT2D eigenvalue weighted by Gasteiger charge is 2.23. The molecular formula is C11H11BrN2O4S3. The van der Waals surface area contributed by atoms with Crippen molar-refractivity contribution in [3.8, 4) is 0 Å².